The zero-order chi connectivity index (χ0) is 17.4. The molecule has 0 aliphatic rings. The van der Waals surface area contributed by atoms with Crippen molar-refractivity contribution in [3.05, 3.63) is 65.7 Å². The molecule has 3 nitrogen and oxygen atoms in total. The van der Waals surface area contributed by atoms with Crippen molar-refractivity contribution in [2.45, 2.75) is 26.8 Å². The largest absolute Gasteiger partial charge is 0.356 e. The molecule has 0 aromatic heterocycles. The van der Waals surface area contributed by atoms with Crippen LogP contribution in [0.25, 0.3) is 0 Å². The van der Waals surface area contributed by atoms with Gasteiger partial charge < -0.3 is 15.5 Å². The van der Waals surface area contributed by atoms with Gasteiger partial charge in [0.1, 0.15) is 6.04 Å². The fourth-order valence-corrected chi connectivity index (χ4v) is 3.22. The fraction of sp³-hybridized carbons (Fsp3) is 0.350. The van der Waals surface area contributed by atoms with Crippen LogP contribution in [-0.4, -0.2) is 24.7 Å². The summed E-state index contributed by atoms with van der Waals surface area (Å²) in [6.45, 7) is 9.55. The topological polar surface area (TPSA) is 28.5 Å². The van der Waals surface area contributed by atoms with Gasteiger partial charge in [0, 0.05) is 11.3 Å². The van der Waals surface area contributed by atoms with Gasteiger partial charge in [0.05, 0.1) is 19.6 Å². The number of aryl methyl sites for hydroxylation is 1. The molecule has 0 radical (unpaired) electrons. The number of hydrogen-bond donors (Lipinski definition) is 3. The molecule has 0 unspecified atom stereocenters. The Labute approximate surface area is 151 Å². The molecule has 0 bridgehead atoms. The van der Waals surface area contributed by atoms with E-state index in [-0.39, 0.29) is 0 Å². The molecule has 128 valence electrons. The van der Waals surface area contributed by atoms with E-state index in [0.29, 0.717) is 11.2 Å². The van der Waals surface area contributed by atoms with E-state index in [9.17, 15) is 0 Å². The van der Waals surface area contributed by atoms with Crippen LogP contribution in [-0.2, 0) is 0 Å². The standard InChI is InChI=1S/C20H27N3S/c1-4-23(5-2)19(17-11-7-6-8-12-17)15-21-20(24)22-18-13-9-10-16(3)14-18/h6-14,19H,4-5,15H2,1-3H3,(H2,21,22,24)/p+1/t19-/m1/s1. The van der Waals surface area contributed by atoms with Gasteiger partial charge in [-0.15, -0.1) is 0 Å². The fourth-order valence-electron chi connectivity index (χ4n) is 3.02. The number of quaternary nitrogens is 1. The van der Waals surface area contributed by atoms with Gasteiger partial charge >= 0.3 is 0 Å². The molecule has 0 saturated heterocycles. The Bertz CT molecular complexity index is 638. The molecule has 0 heterocycles. The van der Waals surface area contributed by atoms with E-state index < -0.39 is 0 Å². The van der Waals surface area contributed by atoms with Crippen molar-refractivity contribution < 1.29 is 4.90 Å². The van der Waals surface area contributed by atoms with E-state index >= 15 is 0 Å². The number of likely N-dealkylation sites (N-methyl/N-ethyl adjacent to an activating group) is 1. The number of nitrogens with one attached hydrogen (secondary N) is 3. The van der Waals surface area contributed by atoms with Gasteiger partial charge in [0.25, 0.3) is 0 Å². The summed E-state index contributed by atoms with van der Waals surface area (Å²) in [5, 5.41) is 7.35. The van der Waals surface area contributed by atoms with Gasteiger partial charge in [-0.3, -0.25) is 0 Å². The lowest BCUT2D eigenvalue weighted by molar-refractivity contribution is -0.927. The molecule has 0 saturated carbocycles. The molecule has 0 aliphatic heterocycles. The van der Waals surface area contributed by atoms with Crippen molar-refractivity contribution in [3.8, 4) is 0 Å². The van der Waals surface area contributed by atoms with Gasteiger partial charge in [0.2, 0.25) is 0 Å². The molecule has 0 spiro atoms. The third-order valence-corrected chi connectivity index (χ3v) is 4.59. The zero-order valence-corrected chi connectivity index (χ0v) is 15.6. The maximum atomic E-state index is 5.48. The highest BCUT2D eigenvalue weighted by Crippen LogP contribution is 2.10. The maximum Gasteiger partial charge on any atom is 0.171 e. The number of anilines is 1. The monoisotopic (exact) mass is 342 g/mol. The van der Waals surface area contributed by atoms with E-state index in [1.165, 1.54) is 11.1 Å². The van der Waals surface area contributed by atoms with Crippen molar-refractivity contribution in [1.29, 1.82) is 0 Å². The Kier molecular flexibility index (Phi) is 7.22. The Morgan fingerprint density at radius 2 is 1.75 bits per heavy atom. The first-order chi connectivity index (χ1) is 11.6. The third kappa shape index (κ3) is 5.32. The molecular weight excluding hydrogens is 314 g/mol. The molecule has 2 aromatic rings. The van der Waals surface area contributed by atoms with Crippen LogP contribution in [0.3, 0.4) is 0 Å². The Morgan fingerprint density at radius 3 is 2.38 bits per heavy atom. The highest BCUT2D eigenvalue weighted by molar-refractivity contribution is 7.80. The van der Waals surface area contributed by atoms with Gasteiger partial charge in [-0.2, -0.15) is 0 Å². The number of thiocarbonyl (C=S) groups is 1. The number of hydrogen-bond acceptors (Lipinski definition) is 1. The number of rotatable bonds is 7. The van der Waals surface area contributed by atoms with Crippen LogP contribution < -0.4 is 15.5 Å². The van der Waals surface area contributed by atoms with Crippen LogP contribution in [0.5, 0.6) is 0 Å². The normalized spacial score (nSPS) is 12.0. The van der Waals surface area contributed by atoms with Crippen molar-refractivity contribution in [2.24, 2.45) is 0 Å². The third-order valence-electron chi connectivity index (χ3n) is 4.35. The van der Waals surface area contributed by atoms with Crippen LogP contribution in [0.1, 0.15) is 31.0 Å². The van der Waals surface area contributed by atoms with E-state index in [0.717, 1.165) is 25.3 Å². The van der Waals surface area contributed by atoms with Crippen molar-refractivity contribution in [1.82, 2.24) is 5.32 Å². The lowest BCUT2D eigenvalue weighted by atomic mass is 10.1. The Hall–Kier alpha value is -1.91. The van der Waals surface area contributed by atoms with Crippen LogP contribution >= 0.6 is 12.2 Å². The van der Waals surface area contributed by atoms with Crippen LogP contribution in [0, 0.1) is 6.92 Å². The van der Waals surface area contributed by atoms with E-state index in [1.54, 1.807) is 4.90 Å². The summed E-state index contributed by atoms with van der Waals surface area (Å²) in [6, 6.07) is 19.3. The Balaban J connectivity index is 2.00. The maximum absolute atomic E-state index is 5.48. The minimum Gasteiger partial charge on any atom is -0.356 e. The molecule has 24 heavy (non-hydrogen) atoms. The average Bonchev–Trinajstić information content (AvgIpc) is 2.59. The van der Waals surface area contributed by atoms with Crippen molar-refractivity contribution >= 4 is 23.0 Å². The van der Waals surface area contributed by atoms with Gasteiger partial charge in [-0.05, 0) is 50.7 Å². The highest BCUT2D eigenvalue weighted by Gasteiger charge is 2.21. The quantitative estimate of drug-likeness (QED) is 0.676. The van der Waals surface area contributed by atoms with Crippen molar-refractivity contribution in [3.63, 3.8) is 0 Å². The first-order valence-electron chi connectivity index (χ1n) is 8.65. The van der Waals surface area contributed by atoms with Gasteiger partial charge in [-0.1, -0.05) is 42.5 Å². The van der Waals surface area contributed by atoms with Gasteiger partial charge in [0.15, 0.2) is 5.11 Å². The molecule has 1 atom stereocenters. The molecule has 2 rings (SSSR count). The predicted molar refractivity (Wildman–Crippen MR) is 107 cm³/mol. The first-order valence-corrected chi connectivity index (χ1v) is 9.05. The first kappa shape index (κ1) is 18.4. The molecule has 3 N–H and O–H groups in total. The second-order valence-corrected chi connectivity index (χ2v) is 6.44. The summed E-state index contributed by atoms with van der Waals surface area (Å²) in [6.07, 6.45) is 0. The summed E-state index contributed by atoms with van der Waals surface area (Å²) in [4.78, 5) is 1.55. The lowest BCUT2D eigenvalue weighted by Crippen LogP contribution is -3.12. The average molecular weight is 343 g/mol. The van der Waals surface area contributed by atoms with E-state index in [1.807, 2.05) is 12.1 Å². The molecule has 0 amide bonds. The van der Waals surface area contributed by atoms with E-state index in [4.69, 9.17) is 12.2 Å². The van der Waals surface area contributed by atoms with Crippen molar-refractivity contribution in [2.75, 3.05) is 25.0 Å². The summed E-state index contributed by atoms with van der Waals surface area (Å²) >= 11 is 5.48. The van der Waals surface area contributed by atoms with Gasteiger partial charge in [-0.25, -0.2) is 0 Å². The second-order valence-electron chi connectivity index (χ2n) is 6.03. The summed E-state index contributed by atoms with van der Waals surface area (Å²) in [5.41, 5.74) is 3.60. The summed E-state index contributed by atoms with van der Waals surface area (Å²) in [5.74, 6) is 0. The number of benzene rings is 2. The van der Waals surface area contributed by atoms with Crippen LogP contribution in [0.4, 0.5) is 5.69 Å². The zero-order valence-electron chi connectivity index (χ0n) is 14.8. The smallest absolute Gasteiger partial charge is 0.171 e. The van der Waals surface area contributed by atoms with Crippen LogP contribution in [0.15, 0.2) is 54.6 Å². The predicted octanol–water partition coefficient (Wildman–Crippen LogP) is 2.95. The minimum atomic E-state index is 0.387. The van der Waals surface area contributed by atoms with E-state index in [2.05, 4.69) is 73.9 Å². The molecule has 2 aromatic carbocycles. The lowest BCUT2D eigenvalue weighted by Gasteiger charge is -2.27. The molecule has 4 heteroatoms. The molecule has 0 aliphatic carbocycles. The second kappa shape index (κ2) is 9.40. The molecule has 0 fully saturated rings. The Morgan fingerprint density at radius 1 is 1.04 bits per heavy atom. The molecular formula is C20H28N3S+. The SMILES string of the molecule is CC[NH+](CC)[C@H](CNC(=S)Nc1cccc(C)c1)c1ccccc1. The minimum absolute atomic E-state index is 0.387. The highest BCUT2D eigenvalue weighted by atomic mass is 32.1. The summed E-state index contributed by atoms with van der Waals surface area (Å²) < 4.78 is 0. The summed E-state index contributed by atoms with van der Waals surface area (Å²) in [7, 11) is 0. The van der Waals surface area contributed by atoms with Crippen LogP contribution in [0.2, 0.25) is 0 Å².